The van der Waals surface area contributed by atoms with Crippen molar-refractivity contribution in [1.29, 1.82) is 0 Å². The quantitative estimate of drug-likeness (QED) is 0.643. The molecule has 0 atom stereocenters. The van der Waals surface area contributed by atoms with Crippen LogP contribution in [0.3, 0.4) is 0 Å². The van der Waals surface area contributed by atoms with E-state index in [9.17, 15) is 4.39 Å². The maximum Gasteiger partial charge on any atom is 2.00 e. The Balaban J connectivity index is 0. The molecule has 0 spiro atoms. The van der Waals surface area contributed by atoms with E-state index in [1.807, 2.05) is 0 Å². The van der Waals surface area contributed by atoms with Gasteiger partial charge in [-0.25, -0.2) is 4.39 Å². The van der Waals surface area contributed by atoms with Crippen LogP contribution in [0.4, 0.5) is 4.39 Å². The van der Waals surface area contributed by atoms with Gasteiger partial charge in [-0.2, -0.15) is 18.2 Å². The summed E-state index contributed by atoms with van der Waals surface area (Å²) in [5.41, 5.74) is 0. The van der Waals surface area contributed by atoms with Gasteiger partial charge in [-0.15, -0.1) is 12.1 Å². The third-order valence-corrected chi connectivity index (χ3v) is 0.678. The first-order chi connectivity index (χ1) is 3.39. The number of rotatable bonds is 0. The van der Waals surface area contributed by atoms with Crippen molar-refractivity contribution in [3.8, 4) is 0 Å². The molecule has 0 radical (unpaired) electrons. The summed E-state index contributed by atoms with van der Waals surface area (Å²) < 4.78 is 11.9. The molecule has 0 unspecified atom stereocenters. The van der Waals surface area contributed by atoms with Crippen molar-refractivity contribution in [3.05, 3.63) is 43.6 Å². The number of hydrogen-bond donors (Lipinski definition) is 0. The molecule has 0 aliphatic carbocycles. The molecule has 0 heterocycles. The minimum absolute atomic E-state index is 0. The van der Waals surface area contributed by atoms with Crippen LogP contribution in [0.5, 0.6) is 0 Å². The first-order valence-corrected chi connectivity index (χ1v) is 2.01. The molecular weight excluding hydrogens is 287 g/mol. The summed E-state index contributed by atoms with van der Waals surface area (Å²) in [4.78, 5) is 0. The van der Waals surface area contributed by atoms with E-state index in [0.29, 0.717) is 0 Å². The fourth-order valence-corrected chi connectivity index (χ4v) is 0.367. The third kappa shape index (κ3) is 4.35. The summed E-state index contributed by atoms with van der Waals surface area (Å²) in [5, 5.41) is 0. The van der Waals surface area contributed by atoms with Crippen LogP contribution in [0.2, 0.25) is 0 Å². The molecule has 9 heavy (non-hydrogen) atoms. The molecule has 0 aromatic heterocycles. The fourth-order valence-electron chi connectivity index (χ4n) is 0.367. The maximum absolute atomic E-state index is 11.9. The van der Waals surface area contributed by atoms with Crippen LogP contribution >= 0.6 is 0 Å². The van der Waals surface area contributed by atoms with Crippen LogP contribution in [0, 0.1) is 19.3 Å². The van der Waals surface area contributed by atoms with E-state index in [-0.39, 0.29) is 34.3 Å². The van der Waals surface area contributed by atoms with E-state index in [1.165, 1.54) is 24.3 Å². The fraction of sp³-hybridized carbons (Fsp3) is 0. The molecule has 1 rings (SSSR count). The second-order valence-electron chi connectivity index (χ2n) is 1.22. The standard InChI is InChI=1S/C6H4F.CH3.W/c7-6-4-2-1-3-5-6;;/h2-5H;1H3;/q2*-1;+2. The molecule has 0 bridgehead atoms. The second kappa shape index (κ2) is 5.97. The molecule has 0 aliphatic rings. The van der Waals surface area contributed by atoms with Gasteiger partial charge < -0.3 is 7.43 Å². The van der Waals surface area contributed by atoms with Gasteiger partial charge >= 0.3 is 21.1 Å². The smallest absolute Gasteiger partial charge is 0.358 e. The van der Waals surface area contributed by atoms with Gasteiger partial charge in [0.2, 0.25) is 0 Å². The maximum atomic E-state index is 11.9. The van der Waals surface area contributed by atoms with Crippen LogP contribution in [0.1, 0.15) is 0 Å². The summed E-state index contributed by atoms with van der Waals surface area (Å²) >= 11 is 0. The summed E-state index contributed by atoms with van der Waals surface area (Å²) in [6.07, 6.45) is 0. The van der Waals surface area contributed by atoms with Crippen molar-refractivity contribution in [2.24, 2.45) is 0 Å². The first-order valence-electron chi connectivity index (χ1n) is 2.01. The summed E-state index contributed by atoms with van der Waals surface area (Å²) in [5.74, 6) is -0.209. The normalized spacial score (nSPS) is 6.78. The zero-order valence-corrected chi connectivity index (χ0v) is 8.03. The van der Waals surface area contributed by atoms with Gasteiger partial charge in [-0.1, -0.05) is 0 Å². The zero-order valence-electron chi connectivity index (χ0n) is 5.10. The summed E-state index contributed by atoms with van der Waals surface area (Å²) in [6.45, 7) is 0. The topological polar surface area (TPSA) is 0 Å². The van der Waals surface area contributed by atoms with E-state index in [2.05, 4.69) is 6.07 Å². The van der Waals surface area contributed by atoms with E-state index < -0.39 is 0 Å². The van der Waals surface area contributed by atoms with E-state index in [1.54, 1.807) is 0 Å². The predicted octanol–water partition coefficient (Wildman–Crippen LogP) is 2.07. The van der Waals surface area contributed by atoms with Crippen molar-refractivity contribution in [2.75, 3.05) is 0 Å². The Morgan fingerprint density at radius 2 is 1.67 bits per heavy atom. The van der Waals surface area contributed by atoms with Crippen LogP contribution < -0.4 is 0 Å². The minimum atomic E-state index is -0.209. The van der Waals surface area contributed by atoms with Gasteiger partial charge in [-0.3, -0.25) is 0 Å². The molecule has 1 aromatic rings. The van der Waals surface area contributed by atoms with Crippen molar-refractivity contribution in [3.63, 3.8) is 0 Å². The largest absolute Gasteiger partial charge is 2.00 e. The zero-order chi connectivity index (χ0) is 5.11. The summed E-state index contributed by atoms with van der Waals surface area (Å²) in [7, 11) is 0. The molecule has 0 amide bonds. The van der Waals surface area contributed by atoms with E-state index >= 15 is 0 Å². The Kier molecular flexibility index (Phi) is 7.70. The van der Waals surface area contributed by atoms with Crippen LogP contribution in [-0.2, 0) is 21.1 Å². The molecule has 48 valence electrons. The average Bonchev–Trinajstić information content (AvgIpc) is 1.69. The van der Waals surface area contributed by atoms with E-state index in [0.717, 1.165) is 0 Å². The molecule has 0 saturated heterocycles. The van der Waals surface area contributed by atoms with Gasteiger partial charge in [-0.05, 0) is 0 Å². The molecular formula is C7H7FW. The van der Waals surface area contributed by atoms with Crippen LogP contribution in [-0.4, -0.2) is 0 Å². The molecule has 0 aliphatic heterocycles. The molecule has 1 aromatic carbocycles. The number of hydrogen-bond acceptors (Lipinski definition) is 0. The van der Waals surface area contributed by atoms with Gasteiger partial charge in [0.15, 0.2) is 0 Å². The van der Waals surface area contributed by atoms with Gasteiger partial charge in [0.1, 0.15) is 0 Å². The predicted molar refractivity (Wildman–Crippen MR) is 31.6 cm³/mol. The Labute approximate surface area is 69.4 Å². The van der Waals surface area contributed by atoms with Crippen molar-refractivity contribution < 1.29 is 25.5 Å². The van der Waals surface area contributed by atoms with Crippen molar-refractivity contribution in [2.45, 2.75) is 0 Å². The van der Waals surface area contributed by atoms with Crippen molar-refractivity contribution in [1.82, 2.24) is 0 Å². The van der Waals surface area contributed by atoms with Crippen LogP contribution in [0.25, 0.3) is 0 Å². The first kappa shape index (κ1) is 11.6. The molecule has 0 fully saturated rings. The molecule has 0 nitrogen and oxygen atoms in total. The van der Waals surface area contributed by atoms with Crippen LogP contribution in [0.15, 0.2) is 24.3 Å². The Morgan fingerprint density at radius 1 is 1.22 bits per heavy atom. The third-order valence-electron chi connectivity index (χ3n) is 0.678. The van der Waals surface area contributed by atoms with Crippen molar-refractivity contribution >= 4 is 0 Å². The second-order valence-corrected chi connectivity index (χ2v) is 1.22. The summed E-state index contributed by atoms with van der Waals surface area (Å²) in [6, 6.07) is 8.49. The Hall–Kier alpha value is -0.162. The number of halogens is 1. The van der Waals surface area contributed by atoms with Gasteiger partial charge in [0, 0.05) is 5.82 Å². The average molecular weight is 294 g/mol. The Morgan fingerprint density at radius 3 is 1.89 bits per heavy atom. The minimum Gasteiger partial charge on any atom is -0.358 e. The Bertz CT molecular complexity index is 139. The number of benzene rings is 1. The monoisotopic (exact) mass is 294 g/mol. The SMILES string of the molecule is Fc1cc[c-]cc1.[CH3-].[W+2]. The molecule has 0 N–H and O–H groups in total. The molecule has 2 heteroatoms. The molecule has 0 saturated carbocycles. The van der Waals surface area contributed by atoms with Gasteiger partial charge in [0.25, 0.3) is 0 Å². The van der Waals surface area contributed by atoms with E-state index in [4.69, 9.17) is 0 Å². The van der Waals surface area contributed by atoms with Gasteiger partial charge in [0.05, 0.1) is 0 Å².